The zero-order valence-electron chi connectivity index (χ0n) is 6.99. The van der Waals surface area contributed by atoms with Gasteiger partial charge in [0.25, 0.3) is 0 Å². The van der Waals surface area contributed by atoms with Crippen molar-refractivity contribution in [3.8, 4) is 0 Å². The molecule has 0 aliphatic carbocycles. The standard InChI is InChI=1S/C6H8F3NO2S2/c7-6(8,9)1-4-14(11,12)10-2-3-13-5-10/h2-3H,1,4-5H2. The third-order valence-corrected chi connectivity index (χ3v) is 4.12. The highest BCUT2D eigenvalue weighted by molar-refractivity contribution is 8.03. The van der Waals surface area contributed by atoms with E-state index in [0.717, 1.165) is 4.31 Å². The molecule has 8 heteroatoms. The van der Waals surface area contributed by atoms with Gasteiger partial charge in [-0.3, -0.25) is 4.31 Å². The van der Waals surface area contributed by atoms with Crippen LogP contribution in [0.5, 0.6) is 0 Å². The summed E-state index contributed by atoms with van der Waals surface area (Å²) in [5.74, 6) is -0.721. The lowest BCUT2D eigenvalue weighted by molar-refractivity contribution is -0.130. The van der Waals surface area contributed by atoms with Crippen LogP contribution in [-0.4, -0.2) is 30.5 Å². The highest BCUT2D eigenvalue weighted by atomic mass is 32.2. The molecule has 0 fully saturated rings. The van der Waals surface area contributed by atoms with Crippen LogP contribution in [0.3, 0.4) is 0 Å². The summed E-state index contributed by atoms with van der Waals surface area (Å²) in [6.45, 7) is 0. The molecule has 1 heterocycles. The number of halogens is 3. The van der Waals surface area contributed by atoms with Crippen molar-refractivity contribution in [2.45, 2.75) is 12.6 Å². The Balaban J connectivity index is 2.54. The minimum Gasteiger partial charge on any atom is -0.266 e. The average molecular weight is 247 g/mol. The third-order valence-electron chi connectivity index (χ3n) is 1.53. The molecule has 0 atom stereocenters. The van der Waals surface area contributed by atoms with Crippen molar-refractivity contribution >= 4 is 21.8 Å². The van der Waals surface area contributed by atoms with E-state index >= 15 is 0 Å². The van der Waals surface area contributed by atoms with Crippen molar-refractivity contribution in [3.05, 3.63) is 11.6 Å². The van der Waals surface area contributed by atoms with E-state index in [2.05, 4.69) is 0 Å². The summed E-state index contributed by atoms with van der Waals surface area (Å²) in [6, 6.07) is 0. The van der Waals surface area contributed by atoms with Gasteiger partial charge in [-0.2, -0.15) is 13.2 Å². The summed E-state index contributed by atoms with van der Waals surface area (Å²) in [5.41, 5.74) is 0. The van der Waals surface area contributed by atoms with Gasteiger partial charge in [0, 0.05) is 6.20 Å². The normalized spacial score (nSPS) is 17.8. The first-order valence-corrected chi connectivity index (χ1v) is 6.32. The third kappa shape index (κ3) is 3.41. The summed E-state index contributed by atoms with van der Waals surface area (Å²) >= 11 is 1.23. The molecule has 0 aromatic rings. The van der Waals surface area contributed by atoms with Gasteiger partial charge in [-0.15, -0.1) is 11.8 Å². The molecule has 3 nitrogen and oxygen atoms in total. The van der Waals surface area contributed by atoms with Crippen molar-refractivity contribution in [1.82, 2.24) is 4.31 Å². The van der Waals surface area contributed by atoms with Gasteiger partial charge in [-0.25, -0.2) is 8.42 Å². The Morgan fingerprint density at radius 1 is 1.43 bits per heavy atom. The highest BCUT2D eigenvalue weighted by Crippen LogP contribution is 2.24. The first kappa shape index (κ1) is 11.7. The highest BCUT2D eigenvalue weighted by Gasteiger charge is 2.32. The molecule has 0 saturated heterocycles. The number of thioether (sulfide) groups is 1. The first-order valence-electron chi connectivity index (χ1n) is 3.66. The molecule has 0 bridgehead atoms. The largest absolute Gasteiger partial charge is 0.390 e. The summed E-state index contributed by atoms with van der Waals surface area (Å²) in [4.78, 5) is 0. The van der Waals surface area contributed by atoms with Crippen molar-refractivity contribution in [2.24, 2.45) is 0 Å². The fourth-order valence-electron chi connectivity index (χ4n) is 0.805. The van der Waals surface area contributed by atoms with Crippen LogP contribution in [0, 0.1) is 0 Å². The van der Waals surface area contributed by atoms with E-state index in [1.807, 2.05) is 0 Å². The monoisotopic (exact) mass is 247 g/mol. The topological polar surface area (TPSA) is 37.4 Å². The summed E-state index contributed by atoms with van der Waals surface area (Å²) in [5, 5.41) is 1.53. The van der Waals surface area contributed by atoms with Crippen LogP contribution < -0.4 is 0 Å². The zero-order chi connectivity index (χ0) is 10.8. The summed E-state index contributed by atoms with van der Waals surface area (Å²) in [7, 11) is -3.79. The number of hydrogen-bond donors (Lipinski definition) is 0. The van der Waals surface area contributed by atoms with Crippen molar-refractivity contribution in [2.75, 3.05) is 11.6 Å². The second-order valence-corrected chi connectivity index (χ2v) is 5.55. The molecule has 0 N–H and O–H groups in total. The molecule has 14 heavy (non-hydrogen) atoms. The second kappa shape index (κ2) is 4.01. The average Bonchev–Trinajstić information content (AvgIpc) is 2.52. The molecular formula is C6H8F3NO2S2. The Bertz CT molecular complexity index is 322. The Morgan fingerprint density at radius 3 is 2.50 bits per heavy atom. The minimum atomic E-state index is -4.43. The van der Waals surface area contributed by atoms with E-state index in [0.29, 0.717) is 0 Å². The molecule has 0 unspecified atom stereocenters. The number of nitrogens with zero attached hydrogens (tertiary/aromatic N) is 1. The van der Waals surface area contributed by atoms with Crippen LogP contribution in [0.2, 0.25) is 0 Å². The zero-order valence-corrected chi connectivity index (χ0v) is 8.62. The van der Waals surface area contributed by atoms with E-state index < -0.39 is 28.4 Å². The lowest BCUT2D eigenvalue weighted by atomic mass is 10.5. The quantitative estimate of drug-likeness (QED) is 0.762. The Labute approximate surface area is 84.0 Å². The smallest absolute Gasteiger partial charge is 0.266 e. The molecule has 0 amide bonds. The number of alkyl halides is 3. The van der Waals surface area contributed by atoms with Gasteiger partial charge in [-0.05, 0) is 5.41 Å². The predicted molar refractivity (Wildman–Crippen MR) is 47.9 cm³/mol. The Morgan fingerprint density at radius 2 is 2.07 bits per heavy atom. The molecule has 0 spiro atoms. The number of rotatable bonds is 3. The van der Waals surface area contributed by atoms with Gasteiger partial charge < -0.3 is 0 Å². The van der Waals surface area contributed by atoms with E-state index in [-0.39, 0.29) is 5.88 Å². The maximum absolute atomic E-state index is 11.8. The Kier molecular flexibility index (Phi) is 3.36. The lowest BCUT2D eigenvalue weighted by Gasteiger charge is -2.15. The van der Waals surface area contributed by atoms with Crippen LogP contribution >= 0.6 is 11.8 Å². The van der Waals surface area contributed by atoms with Crippen molar-refractivity contribution in [3.63, 3.8) is 0 Å². The molecule has 82 valence electrons. The van der Waals surface area contributed by atoms with Gasteiger partial charge in [0.1, 0.15) is 0 Å². The molecule has 0 aromatic carbocycles. The van der Waals surface area contributed by atoms with E-state index in [9.17, 15) is 21.6 Å². The molecule has 1 rings (SSSR count). The minimum absolute atomic E-state index is 0.167. The van der Waals surface area contributed by atoms with Crippen LogP contribution in [0.25, 0.3) is 0 Å². The molecule has 1 aliphatic rings. The lowest BCUT2D eigenvalue weighted by Crippen LogP contribution is -2.28. The fourth-order valence-corrected chi connectivity index (χ4v) is 3.23. The predicted octanol–water partition coefficient (Wildman–Crippen LogP) is 1.75. The number of sulfonamides is 1. The van der Waals surface area contributed by atoms with Crippen LogP contribution in [0.4, 0.5) is 13.2 Å². The van der Waals surface area contributed by atoms with E-state index in [4.69, 9.17) is 0 Å². The fraction of sp³-hybridized carbons (Fsp3) is 0.667. The van der Waals surface area contributed by atoms with Gasteiger partial charge in [0.15, 0.2) is 0 Å². The van der Waals surface area contributed by atoms with Crippen LogP contribution in [0.15, 0.2) is 11.6 Å². The number of hydrogen-bond acceptors (Lipinski definition) is 3. The molecule has 0 aromatic heterocycles. The van der Waals surface area contributed by atoms with Gasteiger partial charge in [-0.1, -0.05) is 0 Å². The summed E-state index contributed by atoms with van der Waals surface area (Å²) < 4.78 is 58.7. The first-order chi connectivity index (χ1) is 6.31. The van der Waals surface area contributed by atoms with E-state index in [1.165, 1.54) is 23.4 Å². The van der Waals surface area contributed by atoms with Crippen molar-refractivity contribution in [1.29, 1.82) is 0 Å². The molecule has 0 saturated carbocycles. The maximum atomic E-state index is 11.8. The molecular weight excluding hydrogens is 239 g/mol. The van der Waals surface area contributed by atoms with Crippen LogP contribution in [-0.2, 0) is 10.0 Å². The second-order valence-electron chi connectivity index (χ2n) is 2.65. The molecule has 0 radical (unpaired) electrons. The maximum Gasteiger partial charge on any atom is 0.390 e. The van der Waals surface area contributed by atoms with Crippen LogP contribution in [0.1, 0.15) is 6.42 Å². The Hall–Kier alpha value is -0.370. The summed E-state index contributed by atoms with van der Waals surface area (Å²) in [6.07, 6.45) is -4.45. The van der Waals surface area contributed by atoms with E-state index in [1.54, 1.807) is 0 Å². The van der Waals surface area contributed by atoms with Gasteiger partial charge in [0.05, 0.1) is 18.1 Å². The molecule has 1 aliphatic heterocycles. The van der Waals surface area contributed by atoms with Crippen molar-refractivity contribution < 1.29 is 21.6 Å². The van der Waals surface area contributed by atoms with Gasteiger partial charge >= 0.3 is 6.18 Å². The SMILES string of the molecule is O=S(=O)(CCC(F)(F)F)N1C=CSC1. The van der Waals surface area contributed by atoms with Gasteiger partial charge in [0.2, 0.25) is 10.0 Å².